The van der Waals surface area contributed by atoms with E-state index in [1.54, 1.807) is 12.1 Å². The van der Waals surface area contributed by atoms with E-state index in [1.165, 1.54) is 36.4 Å². The topological polar surface area (TPSA) is 65.5 Å². The van der Waals surface area contributed by atoms with Gasteiger partial charge < -0.3 is 9.47 Å². The van der Waals surface area contributed by atoms with Crippen molar-refractivity contribution in [2.75, 3.05) is 0 Å². The Bertz CT molecular complexity index is 1040. The highest BCUT2D eigenvalue weighted by Crippen LogP contribution is 2.31. The number of rotatable bonds is 4. The molecule has 10 heteroatoms. The third-order valence-electron chi connectivity index (χ3n) is 3.65. The van der Waals surface area contributed by atoms with Gasteiger partial charge in [0.05, 0.1) is 15.6 Å². The number of carbonyl (C=O) groups excluding carboxylic acids is 2. The highest BCUT2D eigenvalue weighted by atomic mass is 35.5. The second kappa shape index (κ2) is 8.73. The van der Waals surface area contributed by atoms with Gasteiger partial charge in [0.1, 0.15) is 22.9 Å². The molecule has 0 radical (unpaired) electrons. The first-order valence-corrected chi connectivity index (χ1v) is 8.93. The van der Waals surface area contributed by atoms with Crippen LogP contribution in [0.25, 0.3) is 0 Å². The smallest absolute Gasteiger partial charge is 0.416 e. The molecule has 0 aliphatic carbocycles. The number of benzene rings is 2. The Labute approximate surface area is 178 Å². The summed E-state index contributed by atoms with van der Waals surface area (Å²) >= 11 is 11.8. The maximum atomic E-state index is 13.3. The van der Waals surface area contributed by atoms with E-state index in [2.05, 4.69) is 4.98 Å². The van der Waals surface area contributed by atoms with Crippen LogP contribution in [0.5, 0.6) is 11.5 Å². The standard InChI is InChI=1S/C20H10Cl2F3NO4/c21-12-5-1-3-7-16(12)29-18(27)14-9-11(20(23,24)25)10-15(26-14)19(28)30-17-8-4-2-6-13(17)22/h1-10H. The maximum absolute atomic E-state index is 13.3. The monoisotopic (exact) mass is 455 g/mol. The van der Waals surface area contributed by atoms with Crippen LogP contribution in [0.2, 0.25) is 10.0 Å². The Hall–Kier alpha value is -3.10. The number of pyridine rings is 1. The van der Waals surface area contributed by atoms with Crippen LogP contribution in [0.15, 0.2) is 60.7 Å². The molecule has 0 aliphatic heterocycles. The van der Waals surface area contributed by atoms with Crippen molar-refractivity contribution in [2.24, 2.45) is 0 Å². The summed E-state index contributed by atoms with van der Waals surface area (Å²) in [5, 5.41) is 0.132. The van der Waals surface area contributed by atoms with E-state index in [-0.39, 0.29) is 21.5 Å². The Morgan fingerprint density at radius 3 is 1.53 bits per heavy atom. The predicted octanol–water partition coefficient (Wildman–Crippen LogP) is 5.85. The molecule has 0 atom stereocenters. The van der Waals surface area contributed by atoms with Crippen LogP contribution >= 0.6 is 23.2 Å². The van der Waals surface area contributed by atoms with Crippen LogP contribution in [0, 0.1) is 0 Å². The van der Waals surface area contributed by atoms with Gasteiger partial charge in [0, 0.05) is 0 Å². The molecule has 0 bridgehead atoms. The SMILES string of the molecule is O=C(Oc1ccccc1Cl)c1cc(C(F)(F)F)cc(C(=O)Oc2ccccc2Cl)n1. The summed E-state index contributed by atoms with van der Waals surface area (Å²) in [6.45, 7) is 0. The molecule has 0 saturated carbocycles. The van der Waals surface area contributed by atoms with Gasteiger partial charge in [-0.15, -0.1) is 0 Å². The summed E-state index contributed by atoms with van der Waals surface area (Å²) in [7, 11) is 0. The molecule has 0 saturated heterocycles. The summed E-state index contributed by atoms with van der Waals surface area (Å²) in [4.78, 5) is 28.4. The molecule has 154 valence electrons. The first-order chi connectivity index (χ1) is 14.1. The van der Waals surface area contributed by atoms with Crippen molar-refractivity contribution in [1.82, 2.24) is 4.98 Å². The molecule has 1 aromatic heterocycles. The highest BCUT2D eigenvalue weighted by Gasteiger charge is 2.34. The minimum absolute atomic E-state index is 0.0659. The number of alkyl halides is 3. The van der Waals surface area contributed by atoms with Gasteiger partial charge in [-0.25, -0.2) is 14.6 Å². The minimum Gasteiger partial charge on any atom is -0.420 e. The van der Waals surface area contributed by atoms with E-state index in [4.69, 9.17) is 32.7 Å². The average molecular weight is 456 g/mol. The zero-order valence-electron chi connectivity index (χ0n) is 14.7. The molecule has 0 aliphatic rings. The van der Waals surface area contributed by atoms with E-state index < -0.39 is 35.1 Å². The van der Waals surface area contributed by atoms with E-state index in [1.807, 2.05) is 0 Å². The van der Waals surface area contributed by atoms with E-state index in [9.17, 15) is 22.8 Å². The lowest BCUT2D eigenvalue weighted by molar-refractivity contribution is -0.137. The van der Waals surface area contributed by atoms with E-state index in [0.29, 0.717) is 12.1 Å². The van der Waals surface area contributed by atoms with Gasteiger partial charge >= 0.3 is 18.1 Å². The quantitative estimate of drug-likeness (QED) is 0.364. The maximum Gasteiger partial charge on any atom is 0.416 e. The molecular weight excluding hydrogens is 446 g/mol. The van der Waals surface area contributed by atoms with Crippen LogP contribution in [-0.2, 0) is 6.18 Å². The molecule has 5 nitrogen and oxygen atoms in total. The van der Waals surface area contributed by atoms with Gasteiger partial charge in [-0.05, 0) is 36.4 Å². The first-order valence-electron chi connectivity index (χ1n) is 8.18. The Kier molecular flexibility index (Phi) is 6.28. The lowest BCUT2D eigenvalue weighted by Gasteiger charge is -2.12. The van der Waals surface area contributed by atoms with Crippen molar-refractivity contribution in [2.45, 2.75) is 6.18 Å². The van der Waals surface area contributed by atoms with Crippen molar-refractivity contribution in [3.63, 3.8) is 0 Å². The molecular formula is C20H10Cl2F3NO4. The molecule has 2 aromatic carbocycles. The first kappa shape index (κ1) is 21.6. The van der Waals surface area contributed by atoms with Crippen molar-refractivity contribution < 1.29 is 32.2 Å². The number of ether oxygens (including phenoxy) is 2. The highest BCUT2D eigenvalue weighted by molar-refractivity contribution is 6.32. The van der Waals surface area contributed by atoms with Crippen LogP contribution in [0.3, 0.4) is 0 Å². The summed E-state index contributed by atoms with van der Waals surface area (Å²) in [5.74, 6) is -2.63. The molecule has 0 unspecified atom stereocenters. The van der Waals surface area contributed by atoms with Crippen LogP contribution in [0.1, 0.15) is 26.5 Å². The molecule has 0 N–H and O–H groups in total. The second-order valence-electron chi connectivity index (χ2n) is 5.76. The number of hydrogen-bond acceptors (Lipinski definition) is 5. The molecule has 0 spiro atoms. The van der Waals surface area contributed by atoms with Crippen LogP contribution in [-0.4, -0.2) is 16.9 Å². The van der Waals surface area contributed by atoms with Crippen LogP contribution < -0.4 is 9.47 Å². The molecule has 0 fully saturated rings. The number of halogens is 5. The van der Waals surface area contributed by atoms with Crippen molar-refractivity contribution in [3.8, 4) is 11.5 Å². The van der Waals surface area contributed by atoms with Gasteiger partial charge in [-0.2, -0.15) is 13.2 Å². The summed E-state index contributed by atoms with van der Waals surface area (Å²) < 4.78 is 49.8. The predicted molar refractivity (Wildman–Crippen MR) is 102 cm³/mol. The van der Waals surface area contributed by atoms with Gasteiger partial charge in [0.25, 0.3) is 0 Å². The van der Waals surface area contributed by atoms with Crippen molar-refractivity contribution in [3.05, 3.63) is 87.7 Å². The number of para-hydroxylation sites is 2. The lowest BCUT2D eigenvalue weighted by atomic mass is 10.1. The fourth-order valence-corrected chi connectivity index (χ4v) is 2.61. The van der Waals surface area contributed by atoms with Crippen molar-refractivity contribution >= 4 is 35.1 Å². The number of carbonyl (C=O) groups is 2. The molecule has 3 aromatic rings. The Morgan fingerprint density at radius 1 is 0.767 bits per heavy atom. The van der Waals surface area contributed by atoms with E-state index >= 15 is 0 Å². The third kappa shape index (κ3) is 5.08. The Morgan fingerprint density at radius 2 is 1.17 bits per heavy atom. The lowest BCUT2D eigenvalue weighted by Crippen LogP contribution is -2.19. The average Bonchev–Trinajstić information content (AvgIpc) is 2.70. The molecule has 30 heavy (non-hydrogen) atoms. The zero-order valence-corrected chi connectivity index (χ0v) is 16.3. The molecule has 1 heterocycles. The molecule has 3 rings (SSSR count). The minimum atomic E-state index is -4.86. The normalized spacial score (nSPS) is 11.1. The number of esters is 2. The van der Waals surface area contributed by atoms with Gasteiger partial charge in [0.2, 0.25) is 0 Å². The molecule has 0 amide bonds. The van der Waals surface area contributed by atoms with Gasteiger partial charge in [0.15, 0.2) is 0 Å². The number of nitrogens with zero attached hydrogens (tertiary/aromatic N) is 1. The Balaban J connectivity index is 1.96. The largest absolute Gasteiger partial charge is 0.420 e. The fraction of sp³-hybridized carbons (Fsp3) is 0.0500. The van der Waals surface area contributed by atoms with Crippen LogP contribution in [0.4, 0.5) is 13.2 Å². The summed E-state index contributed by atoms with van der Waals surface area (Å²) in [6.07, 6.45) is -4.86. The zero-order chi connectivity index (χ0) is 21.9. The van der Waals surface area contributed by atoms with Crippen molar-refractivity contribution in [1.29, 1.82) is 0 Å². The third-order valence-corrected chi connectivity index (χ3v) is 4.27. The summed E-state index contributed by atoms with van der Waals surface area (Å²) in [5.41, 5.74) is -2.79. The summed E-state index contributed by atoms with van der Waals surface area (Å²) in [6, 6.07) is 12.7. The van der Waals surface area contributed by atoms with Gasteiger partial charge in [-0.3, -0.25) is 0 Å². The number of aromatic nitrogens is 1. The second-order valence-corrected chi connectivity index (χ2v) is 6.58. The van der Waals surface area contributed by atoms with Gasteiger partial charge in [-0.1, -0.05) is 47.5 Å². The fourth-order valence-electron chi connectivity index (χ4n) is 2.26. The van der Waals surface area contributed by atoms with E-state index in [0.717, 1.165) is 0 Å². The number of hydrogen-bond donors (Lipinski definition) is 0.